The number of halogens is 1. The first kappa shape index (κ1) is 35.2. The maximum absolute atomic E-state index is 13.5. The Hall–Kier alpha value is -5.16. The Morgan fingerprint density at radius 3 is 2.31 bits per heavy atom. The number of aryl methyl sites for hydroxylation is 1. The van der Waals surface area contributed by atoms with Crippen molar-refractivity contribution in [3.05, 3.63) is 141 Å². The molecule has 8 nitrogen and oxygen atoms in total. The van der Waals surface area contributed by atoms with Gasteiger partial charge in [0.1, 0.15) is 16.3 Å². The Kier molecular flexibility index (Phi) is 11.7. The third kappa shape index (κ3) is 9.05. The van der Waals surface area contributed by atoms with E-state index in [4.69, 9.17) is 16.3 Å². The standard InChI is InChI=1S/C38H32ClN3O5S2/c1-23-16-18-25(19-17-23)30-22-48-37(33(30)38(46)47-3)42-34(43)24(2)49-29-14-9-13-28(21-29)40-36(45)32(20-27-12-7-8-15-31(27)39)41-35(44)26-10-5-4-6-11-26/h4-22,24H,1-3H3,(H,40,45)(H,41,44)(H,42,43)/b32-20+. The van der Waals surface area contributed by atoms with E-state index in [2.05, 4.69) is 16.0 Å². The van der Waals surface area contributed by atoms with Crippen molar-refractivity contribution < 1.29 is 23.9 Å². The molecule has 4 aromatic carbocycles. The minimum absolute atomic E-state index is 0.00452. The van der Waals surface area contributed by atoms with Crippen LogP contribution in [0.1, 0.15) is 38.8 Å². The van der Waals surface area contributed by atoms with E-state index in [9.17, 15) is 19.2 Å². The van der Waals surface area contributed by atoms with Crippen LogP contribution in [0.15, 0.2) is 119 Å². The maximum Gasteiger partial charge on any atom is 0.341 e. The van der Waals surface area contributed by atoms with Crippen molar-refractivity contribution in [2.24, 2.45) is 0 Å². The number of rotatable bonds is 11. The molecule has 0 saturated carbocycles. The fourth-order valence-electron chi connectivity index (χ4n) is 4.71. The van der Waals surface area contributed by atoms with Gasteiger partial charge in [-0.25, -0.2) is 4.79 Å². The summed E-state index contributed by atoms with van der Waals surface area (Å²) in [6, 6.07) is 30.3. The number of nitrogens with one attached hydrogen (secondary N) is 3. The predicted octanol–water partition coefficient (Wildman–Crippen LogP) is 8.69. The number of benzene rings is 4. The first-order chi connectivity index (χ1) is 23.6. The average Bonchev–Trinajstić information content (AvgIpc) is 3.52. The van der Waals surface area contributed by atoms with Gasteiger partial charge in [-0.2, -0.15) is 0 Å². The topological polar surface area (TPSA) is 114 Å². The van der Waals surface area contributed by atoms with Crippen LogP contribution < -0.4 is 16.0 Å². The summed E-state index contributed by atoms with van der Waals surface area (Å²) in [5, 5.41) is 10.5. The number of thiophene rings is 1. The van der Waals surface area contributed by atoms with Crippen LogP contribution in [0.5, 0.6) is 0 Å². The number of anilines is 2. The van der Waals surface area contributed by atoms with Gasteiger partial charge in [0.05, 0.1) is 12.4 Å². The molecule has 0 aliphatic rings. The molecule has 5 aromatic rings. The Bertz CT molecular complexity index is 2030. The van der Waals surface area contributed by atoms with Crippen molar-refractivity contribution in [1.82, 2.24) is 5.32 Å². The second-order valence-corrected chi connectivity index (χ2v) is 13.5. The largest absolute Gasteiger partial charge is 0.465 e. The summed E-state index contributed by atoms with van der Waals surface area (Å²) in [4.78, 5) is 53.3. The number of hydrogen-bond acceptors (Lipinski definition) is 7. The van der Waals surface area contributed by atoms with Crippen LogP contribution in [-0.2, 0) is 14.3 Å². The lowest BCUT2D eigenvalue weighted by Crippen LogP contribution is -2.30. The van der Waals surface area contributed by atoms with Crippen LogP contribution >= 0.6 is 34.7 Å². The molecule has 248 valence electrons. The van der Waals surface area contributed by atoms with Crippen LogP contribution in [0, 0.1) is 6.92 Å². The molecule has 5 rings (SSSR count). The number of ether oxygens (including phenoxy) is 1. The summed E-state index contributed by atoms with van der Waals surface area (Å²) >= 11 is 8.89. The summed E-state index contributed by atoms with van der Waals surface area (Å²) in [6.07, 6.45) is 1.51. The van der Waals surface area contributed by atoms with E-state index in [1.165, 1.54) is 36.3 Å². The minimum atomic E-state index is -0.567. The van der Waals surface area contributed by atoms with E-state index >= 15 is 0 Å². The molecule has 0 saturated heterocycles. The molecule has 0 aliphatic heterocycles. The van der Waals surface area contributed by atoms with Crippen LogP contribution in [0.3, 0.4) is 0 Å². The molecule has 0 aliphatic carbocycles. The first-order valence-corrected chi connectivity index (χ1v) is 17.2. The molecule has 0 spiro atoms. The average molecular weight is 710 g/mol. The lowest BCUT2D eigenvalue weighted by atomic mass is 10.0. The number of carbonyl (C=O) groups excluding carboxylic acids is 4. The molecule has 1 atom stereocenters. The van der Waals surface area contributed by atoms with Gasteiger partial charge < -0.3 is 20.7 Å². The molecule has 49 heavy (non-hydrogen) atoms. The lowest BCUT2D eigenvalue weighted by molar-refractivity contribution is -0.115. The third-order valence-corrected chi connectivity index (χ3v) is 9.62. The van der Waals surface area contributed by atoms with Crippen molar-refractivity contribution in [2.75, 3.05) is 17.7 Å². The van der Waals surface area contributed by atoms with Gasteiger partial charge in [0.25, 0.3) is 11.8 Å². The van der Waals surface area contributed by atoms with Crippen LogP contribution in [0.4, 0.5) is 10.7 Å². The number of amides is 3. The third-order valence-electron chi connectivity index (χ3n) is 7.29. The zero-order chi connectivity index (χ0) is 34.9. The summed E-state index contributed by atoms with van der Waals surface area (Å²) in [6.45, 7) is 3.73. The number of methoxy groups -OCH3 is 1. The second-order valence-electron chi connectivity index (χ2n) is 10.8. The second kappa shape index (κ2) is 16.3. The summed E-state index contributed by atoms with van der Waals surface area (Å²) in [5.41, 5.74) is 4.30. The summed E-state index contributed by atoms with van der Waals surface area (Å²) in [5.74, 6) is -1.87. The van der Waals surface area contributed by atoms with Gasteiger partial charge in [-0.1, -0.05) is 83.9 Å². The highest BCUT2D eigenvalue weighted by molar-refractivity contribution is 8.00. The maximum atomic E-state index is 13.5. The molecule has 11 heteroatoms. The van der Waals surface area contributed by atoms with Gasteiger partial charge in [0, 0.05) is 32.1 Å². The van der Waals surface area contributed by atoms with E-state index in [-0.39, 0.29) is 11.6 Å². The Labute approximate surface area is 297 Å². The van der Waals surface area contributed by atoms with Crippen molar-refractivity contribution in [3.8, 4) is 11.1 Å². The minimum Gasteiger partial charge on any atom is -0.465 e. The summed E-state index contributed by atoms with van der Waals surface area (Å²) in [7, 11) is 1.31. The first-order valence-electron chi connectivity index (χ1n) is 15.1. The van der Waals surface area contributed by atoms with Crippen molar-refractivity contribution in [3.63, 3.8) is 0 Å². The van der Waals surface area contributed by atoms with Crippen molar-refractivity contribution in [2.45, 2.75) is 24.0 Å². The highest BCUT2D eigenvalue weighted by Gasteiger charge is 2.24. The fraction of sp³-hybridized carbons (Fsp3) is 0.105. The zero-order valence-corrected chi connectivity index (χ0v) is 29.2. The normalized spacial score (nSPS) is 11.7. The van der Waals surface area contributed by atoms with E-state index in [1.54, 1.807) is 79.7 Å². The van der Waals surface area contributed by atoms with Gasteiger partial charge in [-0.05, 0) is 67.4 Å². The Balaban J connectivity index is 1.30. The van der Waals surface area contributed by atoms with Gasteiger partial charge >= 0.3 is 5.97 Å². The molecule has 1 heterocycles. The van der Waals surface area contributed by atoms with Gasteiger partial charge in [-0.3, -0.25) is 14.4 Å². The monoisotopic (exact) mass is 709 g/mol. The molecule has 0 fully saturated rings. The van der Waals surface area contributed by atoms with Gasteiger partial charge in [0.15, 0.2) is 0 Å². The molecule has 3 N–H and O–H groups in total. The molecule has 0 radical (unpaired) electrons. The zero-order valence-electron chi connectivity index (χ0n) is 26.8. The van der Waals surface area contributed by atoms with Crippen LogP contribution in [0.2, 0.25) is 5.02 Å². The van der Waals surface area contributed by atoms with Crippen LogP contribution in [0.25, 0.3) is 17.2 Å². The SMILES string of the molecule is COC(=O)c1c(-c2ccc(C)cc2)csc1NC(=O)C(C)Sc1cccc(NC(=O)/C(=C\c2ccccc2Cl)NC(=O)c2ccccc2)c1. The van der Waals surface area contributed by atoms with E-state index < -0.39 is 23.0 Å². The molecular weight excluding hydrogens is 678 g/mol. The Morgan fingerprint density at radius 2 is 1.59 bits per heavy atom. The molecule has 0 bridgehead atoms. The van der Waals surface area contributed by atoms with Gasteiger partial charge in [0.2, 0.25) is 5.91 Å². The smallest absolute Gasteiger partial charge is 0.341 e. The highest BCUT2D eigenvalue weighted by atomic mass is 35.5. The van der Waals surface area contributed by atoms with Gasteiger partial charge in [-0.15, -0.1) is 23.1 Å². The van der Waals surface area contributed by atoms with Crippen molar-refractivity contribution >= 4 is 75.2 Å². The number of thioether (sulfide) groups is 1. The number of hydrogen-bond donors (Lipinski definition) is 3. The molecule has 3 amide bonds. The van der Waals surface area contributed by atoms with E-state index in [1.807, 2.05) is 42.6 Å². The fourth-order valence-corrected chi connectivity index (χ4v) is 6.78. The number of esters is 1. The molecular formula is C38H32ClN3O5S2. The number of carbonyl (C=O) groups is 4. The van der Waals surface area contributed by atoms with Crippen LogP contribution in [-0.4, -0.2) is 36.1 Å². The summed E-state index contributed by atoms with van der Waals surface area (Å²) < 4.78 is 5.05. The highest BCUT2D eigenvalue weighted by Crippen LogP contribution is 2.37. The molecule has 1 unspecified atom stereocenters. The molecule has 1 aromatic heterocycles. The van der Waals surface area contributed by atoms with E-state index in [0.29, 0.717) is 42.9 Å². The quantitative estimate of drug-likeness (QED) is 0.0719. The Morgan fingerprint density at radius 1 is 0.878 bits per heavy atom. The predicted molar refractivity (Wildman–Crippen MR) is 198 cm³/mol. The van der Waals surface area contributed by atoms with Crippen molar-refractivity contribution in [1.29, 1.82) is 0 Å². The van der Waals surface area contributed by atoms with E-state index in [0.717, 1.165) is 11.1 Å². The lowest BCUT2D eigenvalue weighted by Gasteiger charge is -2.14.